The molecule has 202 valence electrons. The van der Waals surface area contributed by atoms with Gasteiger partial charge in [-0.2, -0.15) is 0 Å². The van der Waals surface area contributed by atoms with Crippen LogP contribution in [0.25, 0.3) is 0 Å². The van der Waals surface area contributed by atoms with Crippen molar-refractivity contribution in [2.75, 3.05) is 6.54 Å². The highest BCUT2D eigenvalue weighted by Crippen LogP contribution is 2.24. The Morgan fingerprint density at radius 1 is 0.838 bits per heavy atom. The lowest BCUT2D eigenvalue weighted by Crippen LogP contribution is -2.38. The first-order chi connectivity index (χ1) is 17.8. The molecule has 0 aliphatic heterocycles. The Kier molecular flexibility index (Phi) is 13.8. The lowest BCUT2D eigenvalue weighted by Gasteiger charge is -2.28. The summed E-state index contributed by atoms with van der Waals surface area (Å²) in [6, 6.07) is 13.4. The first kappa shape index (κ1) is 30.4. The van der Waals surface area contributed by atoms with E-state index >= 15 is 0 Å². The van der Waals surface area contributed by atoms with Crippen molar-refractivity contribution in [3.05, 3.63) is 70.2 Å². The van der Waals surface area contributed by atoms with E-state index in [-0.39, 0.29) is 12.5 Å². The number of nitrogens with one attached hydrogen (secondary N) is 1. The molecular weight excluding hydrogens is 488 g/mol. The van der Waals surface area contributed by atoms with Crippen LogP contribution in [0.1, 0.15) is 106 Å². The number of carbonyl (C=O) groups is 3. The summed E-state index contributed by atoms with van der Waals surface area (Å²) in [6.45, 7) is 4.77. The summed E-state index contributed by atoms with van der Waals surface area (Å²) in [5.41, 5.74) is 2.06. The van der Waals surface area contributed by atoms with E-state index in [1.54, 1.807) is 55.5 Å². The normalized spacial score (nSPS) is 11.6. The van der Waals surface area contributed by atoms with Gasteiger partial charge in [-0.25, -0.2) is 4.79 Å². The number of hydrogen-bond donors (Lipinski definition) is 2. The van der Waals surface area contributed by atoms with Crippen molar-refractivity contribution in [1.82, 2.24) is 10.2 Å². The predicted molar refractivity (Wildman–Crippen MR) is 149 cm³/mol. The molecule has 0 unspecified atom stereocenters. The van der Waals surface area contributed by atoms with Crippen LogP contribution in [0.15, 0.2) is 48.5 Å². The third-order valence-corrected chi connectivity index (χ3v) is 6.90. The summed E-state index contributed by atoms with van der Waals surface area (Å²) in [4.78, 5) is 37.7. The zero-order valence-electron chi connectivity index (χ0n) is 22.2. The predicted octanol–water partition coefficient (Wildman–Crippen LogP) is 7.17. The van der Waals surface area contributed by atoms with Crippen LogP contribution >= 0.6 is 11.6 Å². The molecule has 2 aromatic rings. The Balaban J connectivity index is 1.80. The van der Waals surface area contributed by atoms with E-state index in [9.17, 15) is 19.5 Å². The third-order valence-electron chi connectivity index (χ3n) is 6.65. The van der Waals surface area contributed by atoms with Crippen LogP contribution in [0, 0.1) is 0 Å². The lowest BCUT2D eigenvalue weighted by molar-refractivity contribution is -0.157. The molecule has 0 spiro atoms. The number of benzene rings is 2. The van der Waals surface area contributed by atoms with Gasteiger partial charge in [-0.05, 0) is 48.7 Å². The molecule has 7 heteroatoms. The Morgan fingerprint density at radius 2 is 1.38 bits per heavy atom. The van der Waals surface area contributed by atoms with E-state index in [4.69, 9.17) is 11.6 Å². The number of halogens is 1. The zero-order valence-corrected chi connectivity index (χ0v) is 22.9. The number of amides is 2. The highest BCUT2D eigenvalue weighted by Gasteiger charge is 2.27. The molecule has 0 aliphatic carbocycles. The van der Waals surface area contributed by atoms with Gasteiger partial charge in [0.15, 0.2) is 0 Å². The van der Waals surface area contributed by atoms with E-state index in [1.165, 1.54) is 56.3 Å². The zero-order chi connectivity index (χ0) is 27.0. The Morgan fingerprint density at radius 3 is 1.92 bits per heavy atom. The van der Waals surface area contributed by atoms with Gasteiger partial charge in [-0.15, -0.1) is 0 Å². The molecule has 37 heavy (non-hydrogen) atoms. The Hall–Kier alpha value is -2.86. The SMILES string of the molecule is CCCCCCCCCCCCNC(=O)c1ccc(CN(C(=O)C(=O)O)[C@H](C)c2ccc(Cl)cc2)cc1. The van der Waals surface area contributed by atoms with Gasteiger partial charge in [-0.1, -0.05) is 101 Å². The fourth-order valence-electron chi connectivity index (χ4n) is 4.30. The number of aliphatic carboxylic acids is 1. The molecule has 0 saturated heterocycles. The van der Waals surface area contributed by atoms with Crippen molar-refractivity contribution in [2.24, 2.45) is 0 Å². The molecule has 1 atom stereocenters. The summed E-state index contributed by atoms with van der Waals surface area (Å²) in [6.07, 6.45) is 12.5. The number of nitrogens with zero attached hydrogens (tertiary/aromatic N) is 1. The molecular formula is C30H41ClN2O4. The second kappa shape index (κ2) is 16.8. The quantitative estimate of drug-likeness (QED) is 0.179. The lowest BCUT2D eigenvalue weighted by atomic mass is 10.0. The van der Waals surface area contributed by atoms with Gasteiger partial charge in [0, 0.05) is 23.7 Å². The van der Waals surface area contributed by atoms with E-state index in [0.717, 1.165) is 24.0 Å². The first-order valence-electron chi connectivity index (χ1n) is 13.5. The average molecular weight is 529 g/mol. The Bertz CT molecular complexity index is 976. The highest BCUT2D eigenvalue weighted by molar-refractivity contribution is 6.31. The molecule has 0 saturated carbocycles. The fraction of sp³-hybridized carbons (Fsp3) is 0.500. The van der Waals surface area contributed by atoms with E-state index in [2.05, 4.69) is 12.2 Å². The van der Waals surface area contributed by atoms with Crippen LogP contribution < -0.4 is 5.32 Å². The molecule has 0 radical (unpaired) electrons. The number of rotatable bonds is 16. The van der Waals surface area contributed by atoms with Crippen LogP contribution in [0.2, 0.25) is 5.02 Å². The largest absolute Gasteiger partial charge is 0.474 e. The van der Waals surface area contributed by atoms with E-state index in [1.807, 2.05) is 0 Å². The van der Waals surface area contributed by atoms with Crippen molar-refractivity contribution >= 4 is 29.4 Å². The Labute approximate surface area is 226 Å². The van der Waals surface area contributed by atoms with Crippen molar-refractivity contribution < 1.29 is 19.5 Å². The maximum absolute atomic E-state index is 12.5. The van der Waals surface area contributed by atoms with Crippen LogP contribution in [0.4, 0.5) is 0 Å². The van der Waals surface area contributed by atoms with Gasteiger partial charge in [-0.3, -0.25) is 9.59 Å². The molecule has 0 aromatic heterocycles. The van der Waals surface area contributed by atoms with E-state index < -0.39 is 17.9 Å². The number of carboxylic acid groups (broad SMARTS) is 1. The van der Waals surface area contributed by atoms with Crippen molar-refractivity contribution in [3.63, 3.8) is 0 Å². The minimum Gasteiger partial charge on any atom is -0.474 e. The standard InChI is InChI=1S/C30H41ClN2O4/c1-3-4-5-6-7-8-9-10-11-12-21-32-28(34)26-15-13-24(14-16-26)22-33(29(35)30(36)37)23(2)25-17-19-27(31)20-18-25/h13-20,23H,3-12,21-22H2,1-2H3,(H,32,34)(H,36,37)/t23-/m1/s1. The topological polar surface area (TPSA) is 86.7 Å². The van der Waals surface area contributed by atoms with Crippen molar-refractivity contribution in [1.29, 1.82) is 0 Å². The van der Waals surface area contributed by atoms with Gasteiger partial charge in [0.05, 0.1) is 6.04 Å². The minimum absolute atomic E-state index is 0.107. The van der Waals surface area contributed by atoms with Gasteiger partial charge < -0.3 is 15.3 Å². The molecule has 2 N–H and O–H groups in total. The molecule has 0 fully saturated rings. The second-order valence-electron chi connectivity index (χ2n) is 9.60. The molecule has 0 bridgehead atoms. The van der Waals surface area contributed by atoms with Crippen LogP contribution in [-0.4, -0.2) is 34.3 Å². The van der Waals surface area contributed by atoms with Crippen LogP contribution in [0.5, 0.6) is 0 Å². The van der Waals surface area contributed by atoms with Gasteiger partial charge in [0.1, 0.15) is 0 Å². The summed E-state index contributed by atoms with van der Waals surface area (Å²) in [7, 11) is 0. The summed E-state index contributed by atoms with van der Waals surface area (Å²) >= 11 is 5.96. The van der Waals surface area contributed by atoms with Gasteiger partial charge in [0.25, 0.3) is 5.91 Å². The summed E-state index contributed by atoms with van der Waals surface area (Å²) < 4.78 is 0. The number of unbranched alkanes of at least 4 members (excludes halogenated alkanes) is 9. The molecule has 2 rings (SSSR count). The maximum atomic E-state index is 12.5. The van der Waals surface area contributed by atoms with Crippen LogP contribution in [0.3, 0.4) is 0 Å². The molecule has 0 heterocycles. The van der Waals surface area contributed by atoms with Gasteiger partial charge >= 0.3 is 11.9 Å². The summed E-state index contributed by atoms with van der Waals surface area (Å²) in [5, 5.41) is 12.9. The van der Waals surface area contributed by atoms with Crippen LogP contribution in [-0.2, 0) is 16.1 Å². The number of hydrogen-bond acceptors (Lipinski definition) is 3. The molecule has 6 nitrogen and oxygen atoms in total. The minimum atomic E-state index is -1.51. The fourth-order valence-corrected chi connectivity index (χ4v) is 4.43. The monoisotopic (exact) mass is 528 g/mol. The number of carboxylic acids is 1. The molecule has 0 aliphatic rings. The smallest absolute Gasteiger partial charge is 0.394 e. The third kappa shape index (κ3) is 11.0. The average Bonchev–Trinajstić information content (AvgIpc) is 2.90. The maximum Gasteiger partial charge on any atom is 0.394 e. The van der Waals surface area contributed by atoms with Crippen molar-refractivity contribution in [3.8, 4) is 0 Å². The number of carbonyl (C=O) groups excluding carboxylic acids is 2. The van der Waals surface area contributed by atoms with Crippen molar-refractivity contribution in [2.45, 2.75) is 90.6 Å². The molecule has 2 amide bonds. The molecule has 2 aromatic carbocycles. The summed E-state index contributed by atoms with van der Waals surface area (Å²) in [5.74, 6) is -2.62. The second-order valence-corrected chi connectivity index (χ2v) is 10.0. The van der Waals surface area contributed by atoms with E-state index in [0.29, 0.717) is 17.1 Å². The first-order valence-corrected chi connectivity index (χ1v) is 13.9. The highest BCUT2D eigenvalue weighted by atomic mass is 35.5. The van der Waals surface area contributed by atoms with Gasteiger partial charge in [0.2, 0.25) is 0 Å².